The van der Waals surface area contributed by atoms with E-state index in [2.05, 4.69) is 20.6 Å². The van der Waals surface area contributed by atoms with E-state index in [0.717, 1.165) is 42.1 Å². The molecule has 0 spiro atoms. The van der Waals surface area contributed by atoms with Crippen molar-refractivity contribution in [2.45, 2.75) is 58.0 Å². The first kappa shape index (κ1) is 26.0. The molecule has 1 aromatic carbocycles. The molecular weight excluding hydrogens is 545 g/mol. The molecule has 2 N–H and O–H groups in total. The third kappa shape index (κ3) is 7.13. The monoisotopic (exact) mass is 577 g/mol. The Labute approximate surface area is 206 Å². The Bertz CT molecular complexity index is 985. The van der Waals surface area contributed by atoms with Gasteiger partial charge in [-0.3, -0.25) is 0 Å². The zero-order valence-corrected chi connectivity index (χ0v) is 22.3. The molecule has 1 fully saturated rings. The van der Waals surface area contributed by atoms with Gasteiger partial charge in [-0.1, -0.05) is 18.6 Å². The predicted molar refractivity (Wildman–Crippen MR) is 138 cm³/mol. The molecule has 1 aliphatic rings. The van der Waals surface area contributed by atoms with Crippen LogP contribution in [0.25, 0.3) is 0 Å². The second-order valence-electron chi connectivity index (χ2n) is 7.40. The summed E-state index contributed by atoms with van der Waals surface area (Å²) in [7, 11) is -3.43. The number of piperidine rings is 1. The van der Waals surface area contributed by atoms with Gasteiger partial charge in [-0.2, -0.15) is 4.31 Å². The summed E-state index contributed by atoms with van der Waals surface area (Å²) in [5, 5.41) is 7.64. The highest BCUT2D eigenvalue weighted by atomic mass is 127. The number of guanidine groups is 1. The van der Waals surface area contributed by atoms with Crippen LogP contribution in [0.3, 0.4) is 0 Å². The van der Waals surface area contributed by atoms with E-state index in [0.29, 0.717) is 37.0 Å². The summed E-state index contributed by atoms with van der Waals surface area (Å²) >= 11 is 1.68. The highest BCUT2D eigenvalue weighted by molar-refractivity contribution is 14.0. The Morgan fingerprint density at radius 2 is 1.94 bits per heavy atom. The molecule has 31 heavy (non-hydrogen) atoms. The quantitative estimate of drug-likeness (QED) is 0.297. The first-order valence-corrected chi connectivity index (χ1v) is 12.7. The number of aliphatic imine (C=N–C) groups is 1. The number of thiazole rings is 1. The molecule has 0 amide bonds. The maximum absolute atomic E-state index is 12.9. The SMILES string of the molecule is CCNC(=NCc1cccc(S(=O)(=O)N2CCCCC2)c1)NCc1sc(C)nc1C.I. The van der Waals surface area contributed by atoms with Crippen molar-refractivity contribution in [3.8, 4) is 0 Å². The Hall–Kier alpha value is -1.24. The lowest BCUT2D eigenvalue weighted by Crippen LogP contribution is -2.36. The number of hydrogen-bond donors (Lipinski definition) is 2. The number of halogens is 1. The minimum Gasteiger partial charge on any atom is -0.357 e. The summed E-state index contributed by atoms with van der Waals surface area (Å²) in [4.78, 5) is 10.6. The Kier molecular flexibility index (Phi) is 10.2. The number of nitrogens with zero attached hydrogens (tertiary/aromatic N) is 3. The first-order chi connectivity index (χ1) is 14.4. The third-order valence-corrected chi connectivity index (χ3v) is 8.00. The fraction of sp³-hybridized carbons (Fsp3) is 0.524. The van der Waals surface area contributed by atoms with Crippen molar-refractivity contribution in [3.63, 3.8) is 0 Å². The highest BCUT2D eigenvalue weighted by Gasteiger charge is 2.25. The minimum atomic E-state index is -3.43. The van der Waals surface area contributed by atoms with E-state index in [-0.39, 0.29) is 24.0 Å². The van der Waals surface area contributed by atoms with Gasteiger partial charge in [0.15, 0.2) is 5.96 Å². The van der Waals surface area contributed by atoms with Crippen molar-refractivity contribution in [2.24, 2.45) is 4.99 Å². The molecule has 0 atom stereocenters. The van der Waals surface area contributed by atoms with Crippen LogP contribution in [0.1, 0.15) is 47.3 Å². The van der Waals surface area contributed by atoms with E-state index in [1.165, 1.54) is 4.88 Å². The maximum Gasteiger partial charge on any atom is 0.243 e. The van der Waals surface area contributed by atoms with Crippen LogP contribution in [-0.2, 0) is 23.1 Å². The zero-order valence-electron chi connectivity index (χ0n) is 18.3. The smallest absolute Gasteiger partial charge is 0.243 e. The van der Waals surface area contributed by atoms with Crippen molar-refractivity contribution in [1.82, 2.24) is 19.9 Å². The van der Waals surface area contributed by atoms with E-state index in [1.54, 1.807) is 33.8 Å². The van der Waals surface area contributed by atoms with Gasteiger partial charge in [0.2, 0.25) is 10.0 Å². The molecule has 1 aromatic heterocycles. The summed E-state index contributed by atoms with van der Waals surface area (Å²) in [5.41, 5.74) is 1.91. The van der Waals surface area contributed by atoms with Gasteiger partial charge in [-0.05, 0) is 51.3 Å². The van der Waals surface area contributed by atoms with Crippen LogP contribution in [-0.4, -0.2) is 43.3 Å². The van der Waals surface area contributed by atoms with Crippen LogP contribution in [0.2, 0.25) is 0 Å². The van der Waals surface area contributed by atoms with Crippen LogP contribution in [0.4, 0.5) is 0 Å². The molecule has 0 bridgehead atoms. The summed E-state index contributed by atoms with van der Waals surface area (Å²) in [6.07, 6.45) is 2.96. The number of rotatable bonds is 7. The van der Waals surface area contributed by atoms with Crippen molar-refractivity contribution in [3.05, 3.63) is 45.4 Å². The molecule has 0 radical (unpaired) electrons. The van der Waals surface area contributed by atoms with Crippen molar-refractivity contribution in [2.75, 3.05) is 19.6 Å². The fourth-order valence-corrected chi connectivity index (χ4v) is 5.94. The number of benzene rings is 1. The average Bonchev–Trinajstić information content (AvgIpc) is 3.08. The van der Waals surface area contributed by atoms with Gasteiger partial charge in [0, 0.05) is 24.5 Å². The van der Waals surface area contributed by atoms with Gasteiger partial charge >= 0.3 is 0 Å². The molecule has 0 aliphatic carbocycles. The van der Waals surface area contributed by atoms with Crippen LogP contribution in [0, 0.1) is 13.8 Å². The van der Waals surface area contributed by atoms with Gasteiger partial charge in [0.1, 0.15) is 0 Å². The van der Waals surface area contributed by atoms with Crippen LogP contribution in [0.15, 0.2) is 34.2 Å². The molecule has 172 valence electrons. The number of aryl methyl sites for hydroxylation is 2. The standard InChI is InChI=1S/C21H31N5O2S2.HI/c1-4-22-21(24-15-20-16(2)25-17(3)29-20)23-14-18-9-8-10-19(13-18)30(27,28)26-11-6-5-7-12-26;/h8-10,13H,4-7,11-12,14-15H2,1-3H3,(H2,22,23,24);1H. The Morgan fingerprint density at radius 3 is 2.58 bits per heavy atom. The Morgan fingerprint density at radius 1 is 1.19 bits per heavy atom. The molecule has 2 heterocycles. The van der Waals surface area contributed by atoms with Gasteiger partial charge < -0.3 is 10.6 Å². The van der Waals surface area contributed by atoms with Crippen LogP contribution >= 0.6 is 35.3 Å². The van der Waals surface area contributed by atoms with E-state index in [1.807, 2.05) is 26.8 Å². The number of aromatic nitrogens is 1. The molecule has 0 unspecified atom stereocenters. The molecule has 2 aromatic rings. The normalized spacial score (nSPS) is 15.4. The topological polar surface area (TPSA) is 86.7 Å². The number of hydrogen-bond acceptors (Lipinski definition) is 5. The van der Waals surface area contributed by atoms with Crippen LogP contribution < -0.4 is 10.6 Å². The third-order valence-electron chi connectivity index (χ3n) is 5.03. The van der Waals surface area contributed by atoms with Crippen molar-refractivity contribution >= 4 is 51.3 Å². The molecule has 0 saturated carbocycles. The molecule has 3 rings (SSSR count). The summed E-state index contributed by atoms with van der Waals surface area (Å²) in [5.74, 6) is 0.701. The van der Waals surface area contributed by atoms with Gasteiger partial charge in [-0.25, -0.2) is 18.4 Å². The fourth-order valence-electron chi connectivity index (χ4n) is 3.47. The number of nitrogens with one attached hydrogen (secondary N) is 2. The van der Waals surface area contributed by atoms with E-state index in [4.69, 9.17) is 0 Å². The molecule has 1 aliphatic heterocycles. The zero-order chi connectivity index (χ0) is 21.6. The molecular formula is C21H32IN5O2S2. The van der Waals surface area contributed by atoms with Gasteiger partial charge in [-0.15, -0.1) is 35.3 Å². The van der Waals surface area contributed by atoms with Crippen molar-refractivity contribution in [1.29, 1.82) is 0 Å². The predicted octanol–water partition coefficient (Wildman–Crippen LogP) is 3.81. The molecule has 7 nitrogen and oxygen atoms in total. The van der Waals surface area contributed by atoms with Gasteiger partial charge in [0.25, 0.3) is 0 Å². The van der Waals surface area contributed by atoms with E-state index >= 15 is 0 Å². The summed E-state index contributed by atoms with van der Waals surface area (Å²) < 4.78 is 27.5. The molecule has 1 saturated heterocycles. The minimum absolute atomic E-state index is 0. The van der Waals surface area contributed by atoms with E-state index < -0.39 is 10.0 Å². The lowest BCUT2D eigenvalue weighted by Gasteiger charge is -2.26. The van der Waals surface area contributed by atoms with E-state index in [9.17, 15) is 8.42 Å². The number of sulfonamides is 1. The van der Waals surface area contributed by atoms with Gasteiger partial charge in [0.05, 0.1) is 28.7 Å². The summed E-state index contributed by atoms with van der Waals surface area (Å²) in [6.45, 7) is 9.06. The van der Waals surface area contributed by atoms with Crippen molar-refractivity contribution < 1.29 is 8.42 Å². The summed E-state index contributed by atoms with van der Waals surface area (Å²) in [6, 6.07) is 7.13. The second kappa shape index (κ2) is 12.1. The Balaban J connectivity index is 0.00000341. The lowest BCUT2D eigenvalue weighted by molar-refractivity contribution is 0.346. The second-order valence-corrected chi connectivity index (χ2v) is 10.6. The lowest BCUT2D eigenvalue weighted by atomic mass is 10.2. The van der Waals surface area contributed by atoms with Crippen LogP contribution in [0.5, 0.6) is 0 Å². The largest absolute Gasteiger partial charge is 0.357 e. The first-order valence-electron chi connectivity index (χ1n) is 10.4. The highest BCUT2D eigenvalue weighted by Crippen LogP contribution is 2.21. The average molecular weight is 578 g/mol. The molecule has 10 heteroatoms. The maximum atomic E-state index is 12.9.